The van der Waals surface area contributed by atoms with Crippen LogP contribution in [-0.2, 0) is 13.0 Å². The predicted octanol–water partition coefficient (Wildman–Crippen LogP) is 4.57. The lowest BCUT2D eigenvalue weighted by Gasteiger charge is -2.35. The molecule has 1 aromatic heterocycles. The molecule has 0 saturated heterocycles. The molecule has 2 amide bonds. The topological polar surface area (TPSA) is 49.3 Å². The average molecular weight is 372 g/mol. The van der Waals surface area contributed by atoms with Gasteiger partial charge in [-0.1, -0.05) is 48.0 Å². The maximum atomic E-state index is 13.1. The zero-order chi connectivity index (χ0) is 19.8. The van der Waals surface area contributed by atoms with E-state index in [9.17, 15) is 4.79 Å². The summed E-state index contributed by atoms with van der Waals surface area (Å²) in [5, 5.41) is 0. The molecule has 2 heterocycles. The molecule has 0 N–H and O–H groups in total. The van der Waals surface area contributed by atoms with Crippen molar-refractivity contribution >= 4 is 17.5 Å². The quantitative estimate of drug-likeness (QED) is 0.677. The maximum absolute atomic E-state index is 13.1. The second kappa shape index (κ2) is 7.08. The Hall–Kier alpha value is -3.21. The summed E-state index contributed by atoms with van der Waals surface area (Å²) in [5.74, 6) is 1.42. The van der Waals surface area contributed by atoms with Gasteiger partial charge >= 0.3 is 6.03 Å². The minimum absolute atomic E-state index is 0.0649. The van der Waals surface area contributed by atoms with Crippen molar-refractivity contribution < 1.29 is 4.79 Å². The number of fused-ring (bicyclic) bond motifs is 1. The first-order valence-electron chi connectivity index (χ1n) is 9.46. The minimum atomic E-state index is -0.0649. The maximum Gasteiger partial charge on any atom is 0.330 e. The minimum Gasteiger partial charge on any atom is -0.289 e. The number of carbonyl (C=O) groups is 1. The zero-order valence-electron chi connectivity index (χ0n) is 16.7. The van der Waals surface area contributed by atoms with E-state index in [1.54, 1.807) is 11.9 Å². The number of aromatic nitrogens is 2. The molecule has 2 aromatic carbocycles. The molecule has 0 atom stereocenters. The van der Waals surface area contributed by atoms with Gasteiger partial charge in [0.15, 0.2) is 0 Å². The van der Waals surface area contributed by atoms with E-state index in [0.29, 0.717) is 18.8 Å². The van der Waals surface area contributed by atoms with Gasteiger partial charge in [-0.3, -0.25) is 9.80 Å². The van der Waals surface area contributed by atoms with E-state index >= 15 is 0 Å². The number of amides is 2. The van der Waals surface area contributed by atoms with Crippen molar-refractivity contribution in [1.82, 2.24) is 9.97 Å². The van der Waals surface area contributed by atoms with Crippen LogP contribution < -0.4 is 9.80 Å². The molecule has 0 fully saturated rings. The van der Waals surface area contributed by atoms with E-state index in [0.717, 1.165) is 33.8 Å². The molecule has 3 aromatic rings. The highest BCUT2D eigenvalue weighted by Crippen LogP contribution is 2.33. The second-order valence-electron chi connectivity index (χ2n) is 7.47. The fraction of sp³-hybridized carbons (Fsp3) is 0.261. The van der Waals surface area contributed by atoms with E-state index in [-0.39, 0.29) is 6.03 Å². The number of anilines is 2. The molecule has 28 heavy (non-hydrogen) atoms. The van der Waals surface area contributed by atoms with Gasteiger partial charge in [-0.25, -0.2) is 14.8 Å². The molecule has 0 radical (unpaired) electrons. The smallest absolute Gasteiger partial charge is 0.289 e. The Bertz CT molecular complexity index is 1020. The van der Waals surface area contributed by atoms with Gasteiger partial charge in [0, 0.05) is 25.2 Å². The summed E-state index contributed by atoms with van der Waals surface area (Å²) in [6, 6.07) is 14.4. The van der Waals surface area contributed by atoms with Crippen molar-refractivity contribution in [3.05, 3.63) is 82.3 Å². The number of rotatable bonds is 3. The molecule has 0 saturated carbocycles. The van der Waals surface area contributed by atoms with E-state index < -0.39 is 0 Å². The van der Waals surface area contributed by atoms with Crippen molar-refractivity contribution in [2.45, 2.75) is 33.7 Å². The molecule has 142 valence electrons. The molecule has 5 heteroatoms. The lowest BCUT2D eigenvalue weighted by molar-refractivity contribution is 0.251. The number of benzene rings is 2. The van der Waals surface area contributed by atoms with Crippen LogP contribution in [0.1, 0.15) is 33.6 Å². The summed E-state index contributed by atoms with van der Waals surface area (Å²) in [5.41, 5.74) is 6.48. The van der Waals surface area contributed by atoms with Crippen molar-refractivity contribution in [1.29, 1.82) is 0 Å². The molecule has 0 spiro atoms. The van der Waals surface area contributed by atoms with Gasteiger partial charge in [0.2, 0.25) is 0 Å². The third-order valence-corrected chi connectivity index (χ3v) is 5.25. The van der Waals surface area contributed by atoms with E-state index in [2.05, 4.69) is 36.2 Å². The van der Waals surface area contributed by atoms with E-state index in [4.69, 9.17) is 4.98 Å². The first kappa shape index (κ1) is 18.2. The van der Waals surface area contributed by atoms with Gasteiger partial charge < -0.3 is 0 Å². The average Bonchev–Trinajstić information content (AvgIpc) is 2.68. The number of para-hydroxylation sites is 1. The Kier molecular flexibility index (Phi) is 4.59. The Labute approximate surface area is 165 Å². The van der Waals surface area contributed by atoms with Crippen molar-refractivity contribution in [3.63, 3.8) is 0 Å². The number of nitrogens with zero attached hydrogens (tertiary/aromatic N) is 4. The monoisotopic (exact) mass is 372 g/mol. The summed E-state index contributed by atoms with van der Waals surface area (Å²) in [6.45, 7) is 6.62. The molecular formula is C23H24N4O. The first-order chi connectivity index (χ1) is 13.4. The first-order valence-corrected chi connectivity index (χ1v) is 9.46. The Morgan fingerprint density at radius 2 is 1.68 bits per heavy atom. The standard InChI is InChI=1S/C23H24N4O/c1-15-8-10-18(11-9-15)12-20-24-13-19-14-27(23(28)26(4)22(19)25-20)21-16(2)6-5-7-17(21)3/h5-11,13H,12,14H2,1-4H3. The van der Waals surface area contributed by atoms with Gasteiger partial charge in [0.1, 0.15) is 11.6 Å². The summed E-state index contributed by atoms with van der Waals surface area (Å²) in [4.78, 5) is 25.8. The van der Waals surface area contributed by atoms with E-state index in [1.807, 2.05) is 43.1 Å². The highest BCUT2D eigenvalue weighted by Gasteiger charge is 2.31. The van der Waals surface area contributed by atoms with Gasteiger partial charge in [-0.2, -0.15) is 0 Å². The van der Waals surface area contributed by atoms with Crippen LogP contribution in [0, 0.1) is 20.8 Å². The van der Waals surface area contributed by atoms with E-state index in [1.165, 1.54) is 5.56 Å². The van der Waals surface area contributed by atoms with Crippen LogP contribution in [0.2, 0.25) is 0 Å². The number of carbonyl (C=O) groups excluding carboxylic acids is 1. The number of aryl methyl sites for hydroxylation is 3. The third kappa shape index (κ3) is 3.24. The highest BCUT2D eigenvalue weighted by atomic mass is 16.2. The SMILES string of the molecule is Cc1ccc(Cc2ncc3c(n2)N(C)C(=O)N(c2c(C)cccc2C)C3)cc1. The fourth-order valence-corrected chi connectivity index (χ4v) is 3.72. The largest absolute Gasteiger partial charge is 0.330 e. The van der Waals surface area contributed by atoms with Crippen LogP contribution in [0.3, 0.4) is 0 Å². The fourth-order valence-electron chi connectivity index (χ4n) is 3.72. The Morgan fingerprint density at radius 3 is 2.36 bits per heavy atom. The molecule has 4 rings (SSSR count). The number of hydrogen-bond donors (Lipinski definition) is 0. The van der Waals surface area contributed by atoms with Crippen LogP contribution in [0.4, 0.5) is 16.3 Å². The van der Waals surface area contributed by atoms with Crippen LogP contribution in [0.5, 0.6) is 0 Å². The number of urea groups is 1. The van der Waals surface area contributed by atoms with Crippen LogP contribution >= 0.6 is 0 Å². The Balaban J connectivity index is 1.66. The van der Waals surface area contributed by atoms with Gasteiger partial charge in [0.25, 0.3) is 0 Å². The molecule has 0 unspecified atom stereocenters. The lowest BCUT2D eigenvalue weighted by Crippen LogP contribution is -2.46. The van der Waals surface area contributed by atoms with Crippen molar-refractivity contribution in [2.24, 2.45) is 0 Å². The molecule has 5 nitrogen and oxygen atoms in total. The van der Waals surface area contributed by atoms with Crippen LogP contribution in [-0.4, -0.2) is 23.0 Å². The predicted molar refractivity (Wildman–Crippen MR) is 112 cm³/mol. The Morgan fingerprint density at radius 1 is 1.00 bits per heavy atom. The molecule has 0 bridgehead atoms. The highest BCUT2D eigenvalue weighted by molar-refractivity contribution is 6.05. The molecule has 1 aliphatic rings. The third-order valence-electron chi connectivity index (χ3n) is 5.25. The number of hydrogen-bond acceptors (Lipinski definition) is 3. The molecular weight excluding hydrogens is 348 g/mol. The van der Waals surface area contributed by atoms with Crippen molar-refractivity contribution in [3.8, 4) is 0 Å². The zero-order valence-corrected chi connectivity index (χ0v) is 16.7. The van der Waals surface area contributed by atoms with Gasteiger partial charge in [-0.15, -0.1) is 0 Å². The summed E-state index contributed by atoms with van der Waals surface area (Å²) in [7, 11) is 1.78. The van der Waals surface area contributed by atoms with Crippen molar-refractivity contribution in [2.75, 3.05) is 16.8 Å². The second-order valence-corrected chi connectivity index (χ2v) is 7.47. The summed E-state index contributed by atoms with van der Waals surface area (Å²) < 4.78 is 0. The lowest BCUT2D eigenvalue weighted by atomic mass is 10.1. The molecule has 1 aliphatic heterocycles. The summed E-state index contributed by atoms with van der Waals surface area (Å²) in [6.07, 6.45) is 2.51. The van der Waals surface area contributed by atoms with Gasteiger partial charge in [-0.05, 0) is 37.5 Å². The normalized spacial score (nSPS) is 13.6. The molecule has 0 aliphatic carbocycles. The summed E-state index contributed by atoms with van der Waals surface area (Å²) >= 11 is 0. The van der Waals surface area contributed by atoms with Crippen LogP contribution in [0.25, 0.3) is 0 Å². The van der Waals surface area contributed by atoms with Crippen LogP contribution in [0.15, 0.2) is 48.7 Å². The van der Waals surface area contributed by atoms with Gasteiger partial charge in [0.05, 0.1) is 12.2 Å².